The molecule has 3 aromatic carbocycles. The Morgan fingerprint density at radius 2 is 1.81 bits per heavy atom. The maximum absolute atomic E-state index is 11.6. The van der Waals surface area contributed by atoms with Gasteiger partial charge >= 0.3 is 35.3 Å². The van der Waals surface area contributed by atoms with Crippen molar-refractivity contribution in [1.29, 1.82) is 0 Å². The Morgan fingerprint density at radius 1 is 1.05 bits per heavy atom. The quantitative estimate of drug-likeness (QED) is 0.241. The summed E-state index contributed by atoms with van der Waals surface area (Å²) in [7, 11) is 0. The van der Waals surface area contributed by atoms with E-state index in [0.29, 0.717) is 12.3 Å². The van der Waals surface area contributed by atoms with Gasteiger partial charge in [0.05, 0.1) is 6.61 Å². The molecule has 188 valence electrons. The second kappa shape index (κ2) is 12.9. The van der Waals surface area contributed by atoms with Crippen LogP contribution in [0.25, 0.3) is 11.1 Å². The molecule has 0 fully saturated rings. The fraction of sp³-hybridized carbons (Fsp3) is 0.259. The number of hydrogen-bond donors (Lipinski definition) is 3. The number of nitrogens with zero attached hydrogens (tertiary/aromatic N) is 2. The van der Waals surface area contributed by atoms with Crippen molar-refractivity contribution in [3.05, 3.63) is 104 Å². The Labute approximate surface area is 236 Å². The first-order valence-corrected chi connectivity index (χ1v) is 11.5. The molecule has 0 saturated carbocycles. The van der Waals surface area contributed by atoms with E-state index in [1.165, 1.54) is 0 Å². The molecule has 4 aromatic rings. The number of aromatic nitrogens is 2. The summed E-state index contributed by atoms with van der Waals surface area (Å²) >= 11 is 0. The predicted octanol–water partition coefficient (Wildman–Crippen LogP) is -0.561. The van der Waals surface area contributed by atoms with Gasteiger partial charge in [-0.05, 0) is 71.5 Å². The number of aliphatic hydroxyl groups is 2. The molecule has 0 radical (unpaired) electrons. The topological polar surface area (TPSA) is 128 Å². The molecule has 10 heteroatoms. The normalized spacial score (nSPS) is 11.6. The van der Waals surface area contributed by atoms with Crippen LogP contribution in [0.2, 0.25) is 0 Å². The van der Waals surface area contributed by atoms with Crippen LogP contribution in [0.4, 0.5) is 5.69 Å². The zero-order chi connectivity index (χ0) is 25.7. The summed E-state index contributed by atoms with van der Waals surface area (Å²) in [5, 5.41) is 21.9. The molecule has 4 rings (SSSR count). The number of hydrogen-bond acceptors (Lipinski definition) is 7. The molecular weight excluding hydrogens is 485 g/mol. The van der Waals surface area contributed by atoms with Gasteiger partial charge in [0.15, 0.2) is 5.69 Å². The molecular formula is C27H28N3NaO6. The minimum atomic E-state index is -0.905. The smallest absolute Gasteiger partial charge is 0.491 e. The zero-order valence-corrected chi connectivity index (χ0v) is 23.1. The van der Waals surface area contributed by atoms with Crippen molar-refractivity contribution < 1.29 is 49.0 Å². The third-order valence-electron chi connectivity index (χ3n) is 5.94. The van der Waals surface area contributed by atoms with Crippen LogP contribution in [0.15, 0.2) is 74.8 Å². The van der Waals surface area contributed by atoms with E-state index in [-0.39, 0.29) is 49.3 Å². The minimum absolute atomic E-state index is 0. The van der Waals surface area contributed by atoms with Crippen molar-refractivity contribution >= 4 is 5.69 Å². The van der Waals surface area contributed by atoms with E-state index >= 15 is 0 Å². The van der Waals surface area contributed by atoms with Crippen molar-refractivity contribution in [2.24, 2.45) is 0 Å². The van der Waals surface area contributed by atoms with E-state index in [0.717, 1.165) is 43.8 Å². The second-order valence-electron chi connectivity index (χ2n) is 8.55. The molecule has 3 N–H and O–H groups in total. The van der Waals surface area contributed by atoms with Gasteiger partial charge in [0.25, 0.3) is 0 Å². The van der Waals surface area contributed by atoms with Crippen LogP contribution in [0.1, 0.15) is 22.3 Å². The zero-order valence-electron chi connectivity index (χ0n) is 21.1. The van der Waals surface area contributed by atoms with Crippen LogP contribution >= 0.6 is 0 Å². The third-order valence-corrected chi connectivity index (χ3v) is 5.94. The van der Waals surface area contributed by atoms with Crippen LogP contribution in [-0.4, -0.2) is 34.3 Å². The molecule has 1 heterocycles. The van der Waals surface area contributed by atoms with Gasteiger partial charge < -0.3 is 29.8 Å². The van der Waals surface area contributed by atoms with E-state index in [4.69, 9.17) is 14.4 Å². The van der Waals surface area contributed by atoms with Gasteiger partial charge in [-0.2, -0.15) is 0 Å². The summed E-state index contributed by atoms with van der Waals surface area (Å²) in [5.74, 6) is -0.252. The molecule has 37 heavy (non-hydrogen) atoms. The predicted molar refractivity (Wildman–Crippen MR) is 135 cm³/mol. The van der Waals surface area contributed by atoms with E-state index in [1.54, 1.807) is 0 Å². The Bertz CT molecular complexity index is 1440. The molecule has 1 aromatic heterocycles. The van der Waals surface area contributed by atoms with Crippen LogP contribution < -0.4 is 56.0 Å². The molecule has 9 nitrogen and oxygen atoms in total. The molecule has 0 saturated heterocycles. The summed E-state index contributed by atoms with van der Waals surface area (Å²) in [5.41, 5.74) is 6.61. The van der Waals surface area contributed by atoms with E-state index in [2.05, 4.69) is 29.4 Å². The number of anilines is 1. The Hall–Kier alpha value is -3.08. The van der Waals surface area contributed by atoms with Crippen molar-refractivity contribution in [1.82, 2.24) is 9.72 Å². The molecule has 0 unspecified atom stereocenters. The summed E-state index contributed by atoms with van der Waals surface area (Å²) < 4.78 is 11.2. The fourth-order valence-electron chi connectivity index (χ4n) is 3.92. The van der Waals surface area contributed by atoms with Gasteiger partial charge in [-0.15, -0.1) is 0 Å². The number of ether oxygens (including phenoxy) is 1. The largest absolute Gasteiger partial charge is 1.00 e. The van der Waals surface area contributed by atoms with Crippen molar-refractivity contribution in [3.63, 3.8) is 0 Å². The number of aryl methyl sites for hydroxylation is 1. The number of aliphatic hydroxyl groups excluding tert-OH is 2. The van der Waals surface area contributed by atoms with Crippen molar-refractivity contribution in [2.45, 2.75) is 33.0 Å². The SMILES string of the molecule is Cc1cc(OC[C@H](O)CO)ccc1-c1cccc(CNc2ccc(Cn3oc(=O)[n-]c3=O)cc2)c1C.[Na+]. The summed E-state index contributed by atoms with van der Waals surface area (Å²) in [6.45, 7) is 4.57. The average Bonchev–Trinajstić information content (AvgIpc) is 3.19. The van der Waals surface area contributed by atoms with Crippen LogP contribution in [-0.2, 0) is 13.1 Å². The van der Waals surface area contributed by atoms with Gasteiger partial charge in [-0.1, -0.05) is 36.4 Å². The third kappa shape index (κ3) is 7.24. The minimum Gasteiger partial charge on any atom is -0.491 e. The van der Waals surface area contributed by atoms with Gasteiger partial charge in [0.1, 0.15) is 18.5 Å². The summed E-state index contributed by atoms with van der Waals surface area (Å²) in [6, 6.07) is 19.5. The number of rotatable bonds is 10. The first-order valence-electron chi connectivity index (χ1n) is 11.5. The first kappa shape index (κ1) is 28.5. The molecule has 0 aliphatic heterocycles. The van der Waals surface area contributed by atoms with Gasteiger partial charge in [0, 0.05) is 18.8 Å². The van der Waals surface area contributed by atoms with Crippen molar-refractivity contribution in [2.75, 3.05) is 18.5 Å². The average molecular weight is 514 g/mol. The van der Waals surface area contributed by atoms with E-state index in [9.17, 15) is 14.7 Å². The molecule has 0 aliphatic carbocycles. The molecule has 0 amide bonds. The number of benzene rings is 3. The van der Waals surface area contributed by atoms with Crippen LogP contribution in [0.3, 0.4) is 0 Å². The number of nitrogens with one attached hydrogen (secondary N) is 1. The fourth-order valence-corrected chi connectivity index (χ4v) is 3.92. The van der Waals surface area contributed by atoms with Crippen molar-refractivity contribution in [3.8, 4) is 16.9 Å². The monoisotopic (exact) mass is 513 g/mol. The summed E-state index contributed by atoms with van der Waals surface area (Å²) in [4.78, 5) is 25.8. The second-order valence-corrected chi connectivity index (χ2v) is 8.55. The van der Waals surface area contributed by atoms with Crippen LogP contribution in [0, 0.1) is 13.8 Å². The maximum Gasteiger partial charge on any atom is 1.00 e. The Balaban J connectivity index is 0.00000380. The molecule has 1 atom stereocenters. The van der Waals surface area contributed by atoms with E-state index in [1.807, 2.05) is 55.5 Å². The Kier molecular flexibility index (Phi) is 9.96. The van der Waals surface area contributed by atoms with Gasteiger partial charge in [-0.25, -0.2) is 4.79 Å². The Morgan fingerprint density at radius 3 is 2.46 bits per heavy atom. The van der Waals surface area contributed by atoms with Gasteiger partial charge in [-0.3, -0.25) is 9.53 Å². The van der Waals surface area contributed by atoms with Crippen LogP contribution in [0.5, 0.6) is 5.75 Å². The first-order chi connectivity index (χ1) is 17.3. The standard InChI is InChI=1S/C27H29N3O6.Na/c1-17-12-23(35-16-22(32)15-31)10-11-24(17)25-5-3-4-20(18(25)2)13-28-21-8-6-19(7-9-21)14-30-26(33)29-27(34)36-30;/h3-12,22,28,31-32H,13-16H2,1-2H3,(H,29,33,34);/q;+1/p-1/t22-;/m1./s1. The molecule has 0 aliphatic rings. The summed E-state index contributed by atoms with van der Waals surface area (Å²) in [6.07, 6.45) is -0.905. The maximum atomic E-state index is 11.6. The molecule has 0 spiro atoms. The molecule has 0 bridgehead atoms. The van der Waals surface area contributed by atoms with Gasteiger partial charge in [0.2, 0.25) is 0 Å². The van der Waals surface area contributed by atoms with E-state index < -0.39 is 17.5 Å².